The lowest BCUT2D eigenvalue weighted by atomic mass is 10.2. The summed E-state index contributed by atoms with van der Waals surface area (Å²) in [4.78, 5) is 4.25. The molecule has 0 radical (unpaired) electrons. The summed E-state index contributed by atoms with van der Waals surface area (Å²) in [7, 11) is 1.92. The second-order valence-corrected chi connectivity index (χ2v) is 6.63. The van der Waals surface area contributed by atoms with Gasteiger partial charge in [0.25, 0.3) is 0 Å². The average Bonchev–Trinajstić information content (AvgIpc) is 2.86. The van der Waals surface area contributed by atoms with Crippen molar-refractivity contribution in [2.24, 2.45) is 0 Å². The number of rotatable bonds is 6. The molecule has 0 unspecified atom stereocenters. The molecule has 1 aromatic heterocycles. The minimum atomic E-state index is 0.260. The number of halogens is 2. The van der Waals surface area contributed by atoms with Crippen LogP contribution in [0.1, 0.15) is 31.3 Å². The van der Waals surface area contributed by atoms with Crippen molar-refractivity contribution in [3.8, 4) is 5.75 Å². The van der Waals surface area contributed by atoms with Crippen LogP contribution < -0.4 is 10.1 Å². The molecule has 7 heteroatoms. The number of hydrogen-bond donors (Lipinski definition) is 1. The number of aromatic nitrogens is 3. The van der Waals surface area contributed by atoms with E-state index in [-0.39, 0.29) is 6.04 Å². The number of benzene rings is 1. The largest absolute Gasteiger partial charge is 0.483 e. The maximum absolute atomic E-state index is 5.90. The average molecular weight is 418 g/mol. The highest BCUT2D eigenvalue weighted by Gasteiger charge is 2.12. The van der Waals surface area contributed by atoms with Gasteiger partial charge in [-0.2, -0.15) is 5.10 Å². The highest BCUT2D eigenvalue weighted by molar-refractivity contribution is 9.11. The molecule has 21 heavy (non-hydrogen) atoms. The number of ether oxygens (including phenoxy) is 1. The molecule has 1 heterocycles. The van der Waals surface area contributed by atoms with Crippen LogP contribution in [0.15, 0.2) is 27.4 Å². The Morgan fingerprint density at radius 2 is 1.95 bits per heavy atom. The predicted octanol–water partition coefficient (Wildman–Crippen LogP) is 3.68. The summed E-state index contributed by atoms with van der Waals surface area (Å²) in [5.41, 5.74) is 1.17. The van der Waals surface area contributed by atoms with Gasteiger partial charge in [0.05, 0.1) is 8.95 Å². The molecule has 0 fully saturated rings. The van der Waals surface area contributed by atoms with Gasteiger partial charge in [-0.25, -0.2) is 9.67 Å². The summed E-state index contributed by atoms with van der Waals surface area (Å²) in [6.45, 7) is 5.31. The van der Waals surface area contributed by atoms with Gasteiger partial charge in [0.1, 0.15) is 18.7 Å². The Labute approximate surface area is 141 Å². The molecule has 0 atom stereocenters. The van der Waals surface area contributed by atoms with E-state index in [1.807, 2.05) is 23.9 Å². The summed E-state index contributed by atoms with van der Waals surface area (Å²) in [5, 5.41) is 7.33. The van der Waals surface area contributed by atoms with Crippen LogP contribution in [-0.4, -0.2) is 21.8 Å². The zero-order valence-electron chi connectivity index (χ0n) is 12.2. The fraction of sp³-hybridized carbons (Fsp3) is 0.429. The van der Waals surface area contributed by atoms with Gasteiger partial charge in [-0.05, 0) is 70.5 Å². The van der Waals surface area contributed by atoms with Gasteiger partial charge >= 0.3 is 0 Å². The highest BCUT2D eigenvalue weighted by atomic mass is 79.9. The van der Waals surface area contributed by atoms with E-state index < -0.39 is 0 Å². The van der Waals surface area contributed by atoms with E-state index in [9.17, 15) is 0 Å². The minimum absolute atomic E-state index is 0.260. The van der Waals surface area contributed by atoms with E-state index in [4.69, 9.17) is 4.74 Å². The molecule has 2 aromatic rings. The molecule has 0 aliphatic heterocycles. The van der Waals surface area contributed by atoms with E-state index in [0.717, 1.165) is 27.1 Å². The first-order valence-corrected chi connectivity index (χ1v) is 8.25. The van der Waals surface area contributed by atoms with Crippen LogP contribution in [0.2, 0.25) is 0 Å². The molecule has 5 nitrogen and oxygen atoms in total. The van der Waals surface area contributed by atoms with Gasteiger partial charge in [0.15, 0.2) is 5.82 Å². The molecular weight excluding hydrogens is 400 g/mol. The molecule has 0 saturated carbocycles. The summed E-state index contributed by atoms with van der Waals surface area (Å²) < 4.78 is 9.59. The third-order valence-electron chi connectivity index (χ3n) is 2.92. The fourth-order valence-corrected chi connectivity index (χ4v) is 3.51. The van der Waals surface area contributed by atoms with Gasteiger partial charge < -0.3 is 10.1 Å². The van der Waals surface area contributed by atoms with Crippen molar-refractivity contribution in [3.05, 3.63) is 38.8 Å². The Morgan fingerprint density at radius 3 is 2.52 bits per heavy atom. The van der Waals surface area contributed by atoms with Crippen LogP contribution in [0.3, 0.4) is 0 Å². The third kappa shape index (κ3) is 4.05. The second-order valence-electron chi connectivity index (χ2n) is 4.92. The first-order chi connectivity index (χ1) is 10.0. The summed E-state index contributed by atoms with van der Waals surface area (Å²) in [6.07, 6.45) is 1.55. The monoisotopic (exact) mass is 416 g/mol. The van der Waals surface area contributed by atoms with Crippen molar-refractivity contribution >= 4 is 31.9 Å². The maximum atomic E-state index is 5.90. The highest BCUT2D eigenvalue weighted by Crippen LogP contribution is 2.35. The third-order valence-corrected chi connectivity index (χ3v) is 4.10. The van der Waals surface area contributed by atoms with Crippen molar-refractivity contribution in [2.45, 2.75) is 33.0 Å². The topological polar surface area (TPSA) is 52.0 Å². The lowest BCUT2D eigenvalue weighted by molar-refractivity contribution is 0.279. The summed E-state index contributed by atoms with van der Waals surface area (Å²) >= 11 is 7.11. The molecule has 0 spiro atoms. The molecule has 0 amide bonds. The van der Waals surface area contributed by atoms with Gasteiger partial charge in [-0.3, -0.25) is 0 Å². The Bertz CT molecular complexity index is 590. The van der Waals surface area contributed by atoms with Gasteiger partial charge in [0.2, 0.25) is 0 Å². The molecule has 0 bridgehead atoms. The molecule has 114 valence electrons. The van der Waals surface area contributed by atoms with E-state index >= 15 is 0 Å². The minimum Gasteiger partial charge on any atom is -0.483 e. The van der Waals surface area contributed by atoms with Crippen LogP contribution >= 0.6 is 31.9 Å². The first-order valence-electron chi connectivity index (χ1n) is 6.66. The smallest absolute Gasteiger partial charge is 0.165 e. The molecule has 0 aliphatic carbocycles. The zero-order chi connectivity index (χ0) is 15.4. The van der Waals surface area contributed by atoms with Crippen molar-refractivity contribution in [2.75, 3.05) is 7.05 Å². The van der Waals surface area contributed by atoms with E-state index in [1.165, 1.54) is 5.56 Å². The summed E-state index contributed by atoms with van der Waals surface area (Å²) in [5.74, 6) is 1.58. The maximum Gasteiger partial charge on any atom is 0.165 e. The van der Waals surface area contributed by atoms with Gasteiger partial charge in [0, 0.05) is 12.6 Å². The standard InChI is InChI=1S/C14H18Br2N4O/c1-9(2)20-13(18-8-19-20)7-21-14-11(15)4-10(6-17-3)5-12(14)16/h4-5,8-9,17H,6-7H2,1-3H3. The lowest BCUT2D eigenvalue weighted by Gasteiger charge is -2.13. The van der Waals surface area contributed by atoms with Gasteiger partial charge in [-0.1, -0.05) is 0 Å². The molecule has 1 aromatic carbocycles. The second kappa shape index (κ2) is 7.38. The quantitative estimate of drug-likeness (QED) is 0.778. The van der Waals surface area contributed by atoms with Crippen LogP contribution in [0.4, 0.5) is 0 Å². The molecule has 0 aliphatic rings. The van der Waals surface area contributed by atoms with Crippen molar-refractivity contribution in [1.82, 2.24) is 20.1 Å². The number of nitrogens with one attached hydrogen (secondary N) is 1. The van der Waals surface area contributed by atoms with E-state index in [1.54, 1.807) is 6.33 Å². The fourth-order valence-electron chi connectivity index (χ4n) is 2.00. The van der Waals surface area contributed by atoms with Gasteiger partial charge in [-0.15, -0.1) is 0 Å². The molecule has 0 saturated heterocycles. The Balaban J connectivity index is 2.15. The van der Waals surface area contributed by atoms with E-state index in [2.05, 4.69) is 61.1 Å². The van der Waals surface area contributed by atoms with E-state index in [0.29, 0.717) is 6.61 Å². The molecular formula is C14H18Br2N4O. The van der Waals surface area contributed by atoms with Crippen LogP contribution in [-0.2, 0) is 13.2 Å². The number of hydrogen-bond acceptors (Lipinski definition) is 4. The SMILES string of the molecule is CNCc1cc(Br)c(OCc2ncnn2C(C)C)c(Br)c1. The Morgan fingerprint density at radius 1 is 1.29 bits per heavy atom. The molecule has 1 N–H and O–H groups in total. The Hall–Kier alpha value is -0.920. The van der Waals surface area contributed by atoms with Crippen molar-refractivity contribution < 1.29 is 4.74 Å². The lowest BCUT2D eigenvalue weighted by Crippen LogP contribution is -2.11. The molecule has 2 rings (SSSR count). The van der Waals surface area contributed by atoms with Crippen molar-refractivity contribution in [3.63, 3.8) is 0 Å². The zero-order valence-corrected chi connectivity index (χ0v) is 15.4. The number of nitrogens with zero attached hydrogens (tertiary/aromatic N) is 3. The first kappa shape index (κ1) is 16.5. The Kier molecular flexibility index (Phi) is 5.78. The predicted molar refractivity (Wildman–Crippen MR) is 89.3 cm³/mol. The van der Waals surface area contributed by atoms with Crippen LogP contribution in [0.25, 0.3) is 0 Å². The van der Waals surface area contributed by atoms with Crippen molar-refractivity contribution in [1.29, 1.82) is 0 Å². The normalized spacial score (nSPS) is 11.1. The van der Waals surface area contributed by atoms with Crippen LogP contribution in [0, 0.1) is 0 Å². The summed E-state index contributed by atoms with van der Waals surface area (Å²) in [6, 6.07) is 4.35. The van der Waals surface area contributed by atoms with Crippen LogP contribution in [0.5, 0.6) is 5.75 Å².